The maximum absolute atomic E-state index is 13.9. The Morgan fingerprint density at radius 2 is 1.88 bits per heavy atom. The fourth-order valence-corrected chi connectivity index (χ4v) is 4.90. The number of aryl methyl sites for hydroxylation is 1. The summed E-state index contributed by atoms with van der Waals surface area (Å²) in [5, 5.41) is 31.8. The first-order valence-electron chi connectivity index (χ1n) is 13.7. The Bertz CT molecular complexity index is 1520. The van der Waals surface area contributed by atoms with E-state index < -0.39 is 11.6 Å². The molecule has 218 valence electrons. The van der Waals surface area contributed by atoms with Crippen LogP contribution in [-0.2, 0) is 24.2 Å². The number of carbonyl (C=O) groups is 1. The summed E-state index contributed by atoms with van der Waals surface area (Å²) in [6.45, 7) is 8.18. The number of hydrogen-bond acceptors (Lipinski definition) is 6. The molecule has 2 heterocycles. The lowest BCUT2D eigenvalue weighted by atomic mass is 10.0. The molecule has 2 aliphatic rings. The molecule has 4 aromatic rings. The topological polar surface area (TPSA) is 114 Å². The Kier molecular flexibility index (Phi) is 9.18. The highest BCUT2D eigenvalue weighted by atomic mass is 19.1. The molecule has 0 spiro atoms. The van der Waals surface area contributed by atoms with E-state index in [9.17, 15) is 9.50 Å². The van der Waals surface area contributed by atoms with E-state index >= 15 is 0 Å². The van der Waals surface area contributed by atoms with Crippen molar-refractivity contribution in [2.24, 2.45) is 0 Å². The molecule has 6 rings (SSSR count). The predicted molar refractivity (Wildman–Crippen MR) is 154 cm³/mol. The molecule has 1 aromatic heterocycles. The maximum Gasteiger partial charge on any atom is 0.300 e. The lowest BCUT2D eigenvalue weighted by molar-refractivity contribution is -0.134. The zero-order chi connectivity index (χ0) is 29.7. The van der Waals surface area contributed by atoms with E-state index in [1.54, 1.807) is 32.0 Å². The molecule has 1 unspecified atom stereocenters. The third-order valence-corrected chi connectivity index (χ3v) is 6.98. The minimum Gasteiger partial charge on any atom is -0.508 e. The summed E-state index contributed by atoms with van der Waals surface area (Å²) < 4.78 is 27.2. The Hall–Kier alpha value is -4.11. The van der Waals surface area contributed by atoms with Crippen LogP contribution < -0.4 is 9.47 Å². The molecular formula is C32H37FN2O6. The number of halogens is 1. The Labute approximate surface area is 239 Å². The molecule has 0 fully saturated rings. The smallest absolute Gasteiger partial charge is 0.300 e. The van der Waals surface area contributed by atoms with Gasteiger partial charge in [0, 0.05) is 42.0 Å². The van der Waals surface area contributed by atoms with E-state index in [2.05, 4.69) is 12.0 Å². The Morgan fingerprint density at radius 3 is 2.61 bits per heavy atom. The Balaban J connectivity index is 0.000000212. The highest BCUT2D eigenvalue weighted by Gasteiger charge is 2.21. The zero-order valence-electron chi connectivity index (χ0n) is 23.9. The van der Waals surface area contributed by atoms with Gasteiger partial charge in [-0.25, -0.2) is 4.39 Å². The molecule has 41 heavy (non-hydrogen) atoms. The Morgan fingerprint density at radius 1 is 1.15 bits per heavy atom. The third-order valence-electron chi connectivity index (χ3n) is 6.98. The lowest BCUT2D eigenvalue weighted by Crippen LogP contribution is -2.21. The number of aromatic hydroxyl groups is 1. The fraction of sp³-hybridized carbons (Fsp3) is 0.375. The van der Waals surface area contributed by atoms with Crippen LogP contribution in [0.15, 0.2) is 54.7 Å². The van der Waals surface area contributed by atoms with Crippen LogP contribution in [0.5, 0.6) is 23.0 Å². The highest BCUT2D eigenvalue weighted by Crippen LogP contribution is 2.37. The predicted octanol–water partition coefficient (Wildman–Crippen LogP) is 6.60. The van der Waals surface area contributed by atoms with E-state index in [0.29, 0.717) is 18.9 Å². The van der Waals surface area contributed by atoms with Crippen LogP contribution in [0.3, 0.4) is 0 Å². The lowest BCUT2D eigenvalue weighted by Gasteiger charge is -2.17. The molecule has 0 saturated heterocycles. The first kappa shape index (κ1) is 29.9. The van der Waals surface area contributed by atoms with Crippen molar-refractivity contribution in [3.63, 3.8) is 0 Å². The van der Waals surface area contributed by atoms with Crippen LogP contribution in [0, 0.1) is 5.82 Å². The van der Waals surface area contributed by atoms with Gasteiger partial charge in [0.25, 0.3) is 5.97 Å². The number of ether oxygens (including phenoxy) is 2. The van der Waals surface area contributed by atoms with Crippen molar-refractivity contribution < 1.29 is 34.0 Å². The van der Waals surface area contributed by atoms with Crippen LogP contribution in [0.25, 0.3) is 10.9 Å². The monoisotopic (exact) mass is 564 g/mol. The van der Waals surface area contributed by atoms with Crippen molar-refractivity contribution in [3.05, 3.63) is 77.2 Å². The SMILES string of the molecule is CC(=O)O.CC(C)(O)CCn1ncc2cc(Oc3ccc(F)c4c3CCC4)ccc21.CC1COc2cc(O)ccc21. The second-order valence-electron chi connectivity index (χ2n) is 11.1. The number of aliphatic carboxylic acids is 1. The summed E-state index contributed by atoms with van der Waals surface area (Å²) in [7, 11) is 0. The van der Waals surface area contributed by atoms with Crippen LogP contribution in [-0.4, -0.2) is 43.3 Å². The molecular weight excluding hydrogens is 527 g/mol. The van der Waals surface area contributed by atoms with Crippen molar-refractivity contribution >= 4 is 16.9 Å². The minimum atomic E-state index is -0.833. The van der Waals surface area contributed by atoms with Gasteiger partial charge in [0.2, 0.25) is 0 Å². The van der Waals surface area contributed by atoms with Crippen LogP contribution >= 0.6 is 0 Å². The summed E-state index contributed by atoms with van der Waals surface area (Å²) >= 11 is 0. The van der Waals surface area contributed by atoms with Gasteiger partial charge >= 0.3 is 0 Å². The molecule has 1 aliphatic heterocycles. The van der Waals surface area contributed by atoms with Gasteiger partial charge in [-0.15, -0.1) is 0 Å². The van der Waals surface area contributed by atoms with Crippen molar-refractivity contribution in [1.82, 2.24) is 9.78 Å². The molecule has 1 atom stereocenters. The average molecular weight is 565 g/mol. The average Bonchev–Trinajstić information content (AvgIpc) is 3.63. The number of fused-ring (bicyclic) bond motifs is 3. The van der Waals surface area contributed by atoms with Gasteiger partial charge < -0.3 is 24.8 Å². The molecule has 1 aliphatic carbocycles. The molecule has 9 heteroatoms. The van der Waals surface area contributed by atoms with Crippen LogP contribution in [0.1, 0.15) is 63.1 Å². The van der Waals surface area contributed by atoms with Crippen molar-refractivity contribution in [3.8, 4) is 23.0 Å². The number of rotatable bonds is 5. The first-order valence-corrected chi connectivity index (χ1v) is 13.7. The number of phenols is 1. The maximum atomic E-state index is 13.9. The number of carboxylic acid groups (broad SMARTS) is 1. The standard InChI is InChI=1S/C21H23FN2O2.C9H10O2.C2H4O2/c1-21(2,25)10-11-24-19-8-6-15(12-14(19)13-23-24)26-20-9-7-18(22)16-4-3-5-17(16)20;1-6-5-11-9-4-7(10)2-3-8(6)9;1-2(3)4/h6-9,12-13,25H,3-5,10-11H2,1-2H3;2-4,6,10H,5H2,1H3;1H3,(H,3,4). The summed E-state index contributed by atoms with van der Waals surface area (Å²) in [5.41, 5.74) is 3.27. The summed E-state index contributed by atoms with van der Waals surface area (Å²) in [4.78, 5) is 9.00. The van der Waals surface area contributed by atoms with E-state index in [-0.39, 0.29) is 11.6 Å². The summed E-state index contributed by atoms with van der Waals surface area (Å²) in [5.74, 6) is 2.07. The van der Waals surface area contributed by atoms with E-state index in [1.165, 1.54) is 11.6 Å². The van der Waals surface area contributed by atoms with Crippen molar-refractivity contribution in [2.75, 3.05) is 6.61 Å². The highest BCUT2D eigenvalue weighted by molar-refractivity contribution is 5.80. The number of aromatic nitrogens is 2. The van der Waals surface area contributed by atoms with E-state index in [4.69, 9.17) is 24.5 Å². The minimum absolute atomic E-state index is 0.131. The molecule has 0 saturated carbocycles. The number of benzene rings is 3. The van der Waals surface area contributed by atoms with Gasteiger partial charge in [-0.3, -0.25) is 9.48 Å². The van der Waals surface area contributed by atoms with Gasteiger partial charge in [0.05, 0.1) is 23.9 Å². The molecule has 3 N–H and O–H groups in total. The van der Waals surface area contributed by atoms with Crippen LogP contribution in [0.2, 0.25) is 0 Å². The zero-order valence-corrected chi connectivity index (χ0v) is 23.9. The van der Waals surface area contributed by atoms with E-state index in [1.807, 2.05) is 35.1 Å². The first-order chi connectivity index (χ1) is 19.4. The molecule has 0 amide bonds. The molecule has 0 radical (unpaired) electrons. The number of nitrogens with zero attached hydrogens (tertiary/aromatic N) is 2. The quantitative estimate of drug-likeness (QED) is 0.250. The normalized spacial score (nSPS) is 15.1. The third kappa shape index (κ3) is 7.76. The largest absolute Gasteiger partial charge is 0.508 e. The van der Waals surface area contributed by atoms with Gasteiger partial charge in [0.1, 0.15) is 28.8 Å². The molecule has 8 nitrogen and oxygen atoms in total. The van der Waals surface area contributed by atoms with Crippen molar-refractivity contribution in [2.45, 2.75) is 71.4 Å². The van der Waals surface area contributed by atoms with Crippen molar-refractivity contribution in [1.29, 1.82) is 0 Å². The fourth-order valence-electron chi connectivity index (χ4n) is 4.90. The number of hydrogen-bond donors (Lipinski definition) is 3. The summed E-state index contributed by atoms with van der Waals surface area (Å²) in [6, 6.07) is 14.3. The number of aliphatic hydroxyl groups is 1. The van der Waals surface area contributed by atoms with Crippen LogP contribution in [0.4, 0.5) is 4.39 Å². The second kappa shape index (κ2) is 12.6. The number of carboxylic acids is 1. The van der Waals surface area contributed by atoms with Gasteiger partial charge in [-0.1, -0.05) is 13.0 Å². The van der Waals surface area contributed by atoms with Gasteiger partial charge in [-0.05, 0) is 81.5 Å². The molecule has 0 bridgehead atoms. The second-order valence-corrected chi connectivity index (χ2v) is 11.1. The van der Waals surface area contributed by atoms with Gasteiger partial charge in [0.15, 0.2) is 0 Å². The molecule has 3 aromatic carbocycles. The number of phenolic OH excluding ortho intramolecular Hbond substituents is 1. The summed E-state index contributed by atoms with van der Waals surface area (Å²) in [6.07, 6.45) is 5.05. The van der Waals surface area contributed by atoms with E-state index in [0.717, 1.165) is 72.1 Å². The van der Waals surface area contributed by atoms with Gasteiger partial charge in [-0.2, -0.15) is 5.10 Å².